The molecule has 1 aliphatic rings. The second-order valence-electron chi connectivity index (χ2n) is 6.12. The van der Waals surface area contributed by atoms with E-state index in [4.69, 9.17) is 0 Å². The average Bonchev–Trinajstić information content (AvgIpc) is 2.30. The van der Waals surface area contributed by atoms with Crippen molar-refractivity contribution in [3.63, 3.8) is 0 Å². The fourth-order valence-corrected chi connectivity index (χ4v) is 2.56. The molecule has 0 amide bonds. The van der Waals surface area contributed by atoms with E-state index in [1.54, 1.807) is 0 Å². The summed E-state index contributed by atoms with van der Waals surface area (Å²) in [5.41, 5.74) is 3.23. The van der Waals surface area contributed by atoms with Crippen LogP contribution in [0.3, 0.4) is 0 Å². The Morgan fingerprint density at radius 2 is 2.06 bits per heavy atom. The van der Waals surface area contributed by atoms with Crippen LogP contribution in [0.1, 0.15) is 50.7 Å². The lowest BCUT2D eigenvalue weighted by atomic mass is 9.75. The van der Waals surface area contributed by atoms with E-state index in [1.807, 2.05) is 12.4 Å². The Morgan fingerprint density at radius 1 is 1.35 bits per heavy atom. The van der Waals surface area contributed by atoms with Gasteiger partial charge in [-0.05, 0) is 55.2 Å². The number of rotatable bonds is 3. The topological polar surface area (TPSA) is 24.9 Å². The molecule has 94 valence electrons. The van der Waals surface area contributed by atoms with Gasteiger partial charge in [-0.2, -0.15) is 0 Å². The van der Waals surface area contributed by atoms with E-state index in [2.05, 4.69) is 37.1 Å². The molecule has 0 bridgehead atoms. The molecule has 0 spiro atoms. The Labute approximate surface area is 105 Å². The van der Waals surface area contributed by atoms with E-state index >= 15 is 0 Å². The van der Waals surface area contributed by atoms with Gasteiger partial charge in [0.2, 0.25) is 0 Å². The standard InChI is InChI=1S/C15H24N2/c1-12-10-16-9-6-13(12)11-17-14-4-7-15(2,3)8-5-14/h6,9-10,14,17H,4-5,7-8,11H2,1-3H3. The van der Waals surface area contributed by atoms with Crippen molar-refractivity contribution in [2.45, 2.75) is 59.0 Å². The van der Waals surface area contributed by atoms with Crippen LogP contribution >= 0.6 is 0 Å². The molecule has 1 aromatic rings. The minimum absolute atomic E-state index is 0.560. The molecule has 1 aromatic heterocycles. The van der Waals surface area contributed by atoms with Crippen molar-refractivity contribution in [2.24, 2.45) is 5.41 Å². The largest absolute Gasteiger partial charge is 0.310 e. The van der Waals surface area contributed by atoms with Crippen molar-refractivity contribution in [3.05, 3.63) is 29.6 Å². The fraction of sp³-hybridized carbons (Fsp3) is 0.667. The zero-order valence-corrected chi connectivity index (χ0v) is 11.3. The van der Waals surface area contributed by atoms with Gasteiger partial charge in [0.1, 0.15) is 0 Å². The maximum absolute atomic E-state index is 4.13. The second-order valence-corrected chi connectivity index (χ2v) is 6.12. The number of hydrogen-bond acceptors (Lipinski definition) is 2. The van der Waals surface area contributed by atoms with Gasteiger partial charge in [-0.25, -0.2) is 0 Å². The highest BCUT2D eigenvalue weighted by atomic mass is 14.9. The number of aromatic nitrogens is 1. The van der Waals surface area contributed by atoms with E-state index < -0.39 is 0 Å². The highest BCUT2D eigenvalue weighted by molar-refractivity contribution is 5.21. The molecule has 0 radical (unpaired) electrons. The molecule has 2 heteroatoms. The molecule has 17 heavy (non-hydrogen) atoms. The molecular weight excluding hydrogens is 208 g/mol. The third kappa shape index (κ3) is 3.53. The van der Waals surface area contributed by atoms with Crippen LogP contribution in [-0.2, 0) is 6.54 Å². The Morgan fingerprint density at radius 3 is 2.71 bits per heavy atom. The lowest BCUT2D eigenvalue weighted by molar-refractivity contribution is 0.206. The highest BCUT2D eigenvalue weighted by Crippen LogP contribution is 2.35. The van der Waals surface area contributed by atoms with Crippen molar-refractivity contribution in [2.75, 3.05) is 0 Å². The maximum Gasteiger partial charge on any atom is 0.0300 e. The van der Waals surface area contributed by atoms with Gasteiger partial charge in [-0.15, -0.1) is 0 Å². The van der Waals surface area contributed by atoms with E-state index in [1.165, 1.54) is 36.8 Å². The van der Waals surface area contributed by atoms with Gasteiger partial charge in [0.05, 0.1) is 0 Å². The first-order valence-corrected chi connectivity index (χ1v) is 6.70. The molecule has 2 rings (SSSR count). The van der Waals surface area contributed by atoms with Gasteiger partial charge in [0.15, 0.2) is 0 Å². The van der Waals surface area contributed by atoms with Gasteiger partial charge in [0, 0.05) is 25.0 Å². The first-order valence-electron chi connectivity index (χ1n) is 6.70. The molecule has 0 aromatic carbocycles. The first-order chi connectivity index (χ1) is 8.07. The lowest BCUT2D eigenvalue weighted by Crippen LogP contribution is -2.35. The molecule has 1 aliphatic carbocycles. The van der Waals surface area contributed by atoms with E-state index in [0.29, 0.717) is 11.5 Å². The maximum atomic E-state index is 4.13. The van der Waals surface area contributed by atoms with Crippen LogP contribution in [0.15, 0.2) is 18.5 Å². The van der Waals surface area contributed by atoms with Gasteiger partial charge < -0.3 is 5.32 Å². The lowest BCUT2D eigenvalue weighted by Gasteiger charge is -2.34. The van der Waals surface area contributed by atoms with Crippen molar-refractivity contribution in [3.8, 4) is 0 Å². The fourth-order valence-electron chi connectivity index (χ4n) is 2.56. The molecule has 1 heterocycles. The van der Waals surface area contributed by atoms with Crippen LogP contribution in [0.2, 0.25) is 0 Å². The van der Waals surface area contributed by atoms with Crippen LogP contribution in [0, 0.1) is 12.3 Å². The molecule has 0 atom stereocenters. The summed E-state index contributed by atoms with van der Waals surface area (Å²) in [4.78, 5) is 4.13. The van der Waals surface area contributed by atoms with Gasteiger partial charge in [0.25, 0.3) is 0 Å². The Kier molecular flexibility index (Phi) is 3.82. The first kappa shape index (κ1) is 12.6. The normalized spacial score (nSPS) is 20.4. The predicted octanol–water partition coefficient (Wildman–Crippen LogP) is 3.45. The molecule has 0 aliphatic heterocycles. The quantitative estimate of drug-likeness (QED) is 0.863. The number of nitrogens with one attached hydrogen (secondary N) is 1. The van der Waals surface area contributed by atoms with Crippen molar-refractivity contribution < 1.29 is 0 Å². The van der Waals surface area contributed by atoms with Gasteiger partial charge in [-0.3, -0.25) is 4.98 Å². The van der Waals surface area contributed by atoms with E-state index in [0.717, 1.165) is 6.54 Å². The SMILES string of the molecule is Cc1cnccc1CNC1CCC(C)(C)CC1. The van der Waals surface area contributed by atoms with Crippen LogP contribution < -0.4 is 5.32 Å². The summed E-state index contributed by atoms with van der Waals surface area (Å²) in [6, 6.07) is 2.82. The number of hydrogen-bond donors (Lipinski definition) is 1. The number of aryl methyl sites for hydroxylation is 1. The molecule has 1 N–H and O–H groups in total. The third-order valence-electron chi connectivity index (χ3n) is 4.06. The molecule has 1 fully saturated rings. The van der Waals surface area contributed by atoms with Crippen molar-refractivity contribution >= 4 is 0 Å². The molecular formula is C15H24N2. The average molecular weight is 232 g/mol. The summed E-state index contributed by atoms with van der Waals surface area (Å²) < 4.78 is 0. The monoisotopic (exact) mass is 232 g/mol. The molecule has 2 nitrogen and oxygen atoms in total. The summed E-state index contributed by atoms with van der Waals surface area (Å²) in [6.45, 7) is 7.89. The summed E-state index contributed by atoms with van der Waals surface area (Å²) in [5, 5.41) is 3.69. The minimum atomic E-state index is 0.560. The van der Waals surface area contributed by atoms with Crippen LogP contribution in [0.4, 0.5) is 0 Å². The van der Waals surface area contributed by atoms with Crippen LogP contribution in [-0.4, -0.2) is 11.0 Å². The van der Waals surface area contributed by atoms with Crippen molar-refractivity contribution in [1.82, 2.24) is 10.3 Å². The van der Waals surface area contributed by atoms with E-state index in [-0.39, 0.29) is 0 Å². The Hall–Kier alpha value is -0.890. The van der Waals surface area contributed by atoms with Gasteiger partial charge in [-0.1, -0.05) is 13.8 Å². The Bertz CT molecular complexity index is 361. The molecule has 0 saturated heterocycles. The van der Waals surface area contributed by atoms with Crippen molar-refractivity contribution in [1.29, 1.82) is 0 Å². The summed E-state index contributed by atoms with van der Waals surface area (Å²) in [5.74, 6) is 0. The van der Waals surface area contributed by atoms with Crippen LogP contribution in [0.25, 0.3) is 0 Å². The second kappa shape index (κ2) is 5.18. The zero-order valence-electron chi connectivity index (χ0n) is 11.3. The minimum Gasteiger partial charge on any atom is -0.310 e. The zero-order chi connectivity index (χ0) is 12.3. The smallest absolute Gasteiger partial charge is 0.0300 e. The summed E-state index contributed by atoms with van der Waals surface area (Å²) >= 11 is 0. The number of nitrogens with zero attached hydrogens (tertiary/aromatic N) is 1. The summed E-state index contributed by atoms with van der Waals surface area (Å²) in [6.07, 6.45) is 9.16. The predicted molar refractivity (Wildman–Crippen MR) is 71.9 cm³/mol. The highest BCUT2D eigenvalue weighted by Gasteiger charge is 2.26. The van der Waals surface area contributed by atoms with E-state index in [9.17, 15) is 0 Å². The summed E-state index contributed by atoms with van der Waals surface area (Å²) in [7, 11) is 0. The molecule has 0 unspecified atom stereocenters. The third-order valence-corrected chi connectivity index (χ3v) is 4.06. The molecule has 1 saturated carbocycles. The van der Waals surface area contributed by atoms with Crippen LogP contribution in [0.5, 0.6) is 0 Å². The number of pyridine rings is 1. The van der Waals surface area contributed by atoms with Gasteiger partial charge >= 0.3 is 0 Å². The Balaban J connectivity index is 1.82.